The molecule has 0 saturated carbocycles. The Hall–Kier alpha value is -1.63. The number of amides is 1. The van der Waals surface area contributed by atoms with Gasteiger partial charge in [0.25, 0.3) is 0 Å². The first-order valence-electron chi connectivity index (χ1n) is 6.08. The summed E-state index contributed by atoms with van der Waals surface area (Å²) in [5.74, 6) is -0.497. The fourth-order valence-corrected chi connectivity index (χ4v) is 1.93. The summed E-state index contributed by atoms with van der Waals surface area (Å²) < 4.78 is 10.0. The standard InChI is InChI=1S/C11H17N3O4/c1-2-18-11(16)9-7-8(12-13-9)10(15)14-3-5-17-6-4-14/h8,12H,2-7H2,1H3. The Labute approximate surface area is 105 Å². The van der Waals surface area contributed by atoms with Gasteiger partial charge in [-0.1, -0.05) is 0 Å². The van der Waals surface area contributed by atoms with Crippen LogP contribution >= 0.6 is 0 Å². The minimum Gasteiger partial charge on any atom is -0.461 e. The van der Waals surface area contributed by atoms with Gasteiger partial charge in [0.1, 0.15) is 11.8 Å². The van der Waals surface area contributed by atoms with Gasteiger partial charge in [-0.25, -0.2) is 4.79 Å². The summed E-state index contributed by atoms with van der Waals surface area (Å²) in [6.45, 7) is 4.34. The molecule has 0 spiro atoms. The highest BCUT2D eigenvalue weighted by molar-refractivity contribution is 6.37. The molecule has 0 aliphatic carbocycles. The van der Waals surface area contributed by atoms with Crippen LogP contribution in [0, 0.1) is 0 Å². The van der Waals surface area contributed by atoms with E-state index in [0.29, 0.717) is 32.9 Å². The molecule has 0 aromatic carbocycles. The zero-order valence-corrected chi connectivity index (χ0v) is 10.3. The van der Waals surface area contributed by atoms with E-state index in [0.717, 1.165) is 0 Å². The lowest BCUT2D eigenvalue weighted by molar-refractivity contribution is -0.137. The minimum absolute atomic E-state index is 0.0404. The molecule has 2 aliphatic rings. The van der Waals surface area contributed by atoms with E-state index < -0.39 is 12.0 Å². The Morgan fingerprint density at radius 3 is 2.89 bits per heavy atom. The molecule has 0 aromatic rings. The highest BCUT2D eigenvalue weighted by Gasteiger charge is 2.32. The van der Waals surface area contributed by atoms with E-state index >= 15 is 0 Å². The van der Waals surface area contributed by atoms with Gasteiger partial charge >= 0.3 is 5.97 Å². The summed E-state index contributed by atoms with van der Waals surface area (Å²) in [7, 11) is 0. The van der Waals surface area contributed by atoms with Crippen molar-refractivity contribution in [2.24, 2.45) is 5.10 Å². The Morgan fingerprint density at radius 2 is 2.22 bits per heavy atom. The molecule has 1 fully saturated rings. The molecule has 1 N–H and O–H groups in total. The van der Waals surface area contributed by atoms with Crippen molar-refractivity contribution in [3.05, 3.63) is 0 Å². The predicted molar refractivity (Wildman–Crippen MR) is 63.0 cm³/mol. The minimum atomic E-state index is -0.456. The first-order valence-corrected chi connectivity index (χ1v) is 6.08. The maximum atomic E-state index is 12.1. The lowest BCUT2D eigenvalue weighted by Crippen LogP contribution is -2.48. The second-order valence-corrected chi connectivity index (χ2v) is 4.10. The number of hydrazone groups is 1. The van der Waals surface area contributed by atoms with Crippen LogP contribution < -0.4 is 5.43 Å². The highest BCUT2D eigenvalue weighted by Crippen LogP contribution is 2.10. The molecule has 0 aromatic heterocycles. The van der Waals surface area contributed by atoms with Gasteiger partial charge < -0.3 is 14.4 Å². The smallest absolute Gasteiger partial charge is 0.354 e. The van der Waals surface area contributed by atoms with Gasteiger partial charge in [-0.05, 0) is 6.92 Å². The van der Waals surface area contributed by atoms with Gasteiger partial charge in [-0.15, -0.1) is 0 Å². The van der Waals surface area contributed by atoms with Gasteiger partial charge in [0.2, 0.25) is 5.91 Å². The average Bonchev–Trinajstić information content (AvgIpc) is 2.89. The molecule has 18 heavy (non-hydrogen) atoms. The van der Waals surface area contributed by atoms with Gasteiger partial charge in [0, 0.05) is 19.5 Å². The van der Waals surface area contributed by atoms with Crippen LogP contribution in [0.4, 0.5) is 0 Å². The molecule has 0 radical (unpaired) electrons. The molecule has 100 valence electrons. The van der Waals surface area contributed by atoms with Crippen LogP contribution in [-0.2, 0) is 19.1 Å². The second-order valence-electron chi connectivity index (χ2n) is 4.10. The van der Waals surface area contributed by atoms with Crippen molar-refractivity contribution in [2.45, 2.75) is 19.4 Å². The molecule has 0 bridgehead atoms. The molecule has 2 aliphatic heterocycles. The van der Waals surface area contributed by atoms with Crippen LogP contribution in [0.25, 0.3) is 0 Å². The Bertz CT molecular complexity index is 363. The van der Waals surface area contributed by atoms with Crippen molar-refractivity contribution in [1.82, 2.24) is 10.3 Å². The third kappa shape index (κ3) is 2.79. The normalized spacial score (nSPS) is 23.3. The predicted octanol–water partition coefficient (Wildman–Crippen LogP) is -0.874. The zero-order chi connectivity index (χ0) is 13.0. The zero-order valence-electron chi connectivity index (χ0n) is 10.3. The van der Waals surface area contributed by atoms with E-state index in [9.17, 15) is 9.59 Å². The van der Waals surface area contributed by atoms with Crippen molar-refractivity contribution < 1.29 is 19.1 Å². The second kappa shape index (κ2) is 5.81. The number of ether oxygens (including phenoxy) is 2. The van der Waals surface area contributed by atoms with E-state index in [4.69, 9.17) is 9.47 Å². The number of rotatable bonds is 3. The first kappa shape index (κ1) is 12.8. The fraction of sp³-hybridized carbons (Fsp3) is 0.727. The van der Waals surface area contributed by atoms with Crippen LogP contribution in [0.1, 0.15) is 13.3 Å². The Kier molecular flexibility index (Phi) is 4.14. The molecule has 1 atom stereocenters. The van der Waals surface area contributed by atoms with Crippen LogP contribution in [0.2, 0.25) is 0 Å². The quantitative estimate of drug-likeness (QED) is 0.663. The van der Waals surface area contributed by atoms with Gasteiger partial charge in [0.05, 0.1) is 19.8 Å². The summed E-state index contributed by atoms with van der Waals surface area (Å²) in [6, 6.07) is -0.456. The van der Waals surface area contributed by atoms with Crippen molar-refractivity contribution in [3.8, 4) is 0 Å². The Morgan fingerprint density at radius 1 is 1.50 bits per heavy atom. The molecule has 2 rings (SSSR count). The molecule has 1 amide bonds. The molecule has 1 unspecified atom stereocenters. The molecular formula is C11H17N3O4. The number of morpholine rings is 1. The van der Waals surface area contributed by atoms with Crippen molar-refractivity contribution >= 4 is 17.6 Å². The number of hydrogen-bond acceptors (Lipinski definition) is 6. The maximum absolute atomic E-state index is 12.1. The number of nitrogens with zero attached hydrogens (tertiary/aromatic N) is 2. The van der Waals surface area contributed by atoms with Crippen molar-refractivity contribution in [1.29, 1.82) is 0 Å². The van der Waals surface area contributed by atoms with E-state index in [1.54, 1.807) is 11.8 Å². The van der Waals surface area contributed by atoms with Gasteiger partial charge in [-0.3, -0.25) is 10.2 Å². The Balaban J connectivity index is 1.86. The number of esters is 1. The molecule has 2 heterocycles. The highest BCUT2D eigenvalue weighted by atomic mass is 16.5. The summed E-state index contributed by atoms with van der Waals surface area (Å²) in [5, 5.41) is 3.86. The summed E-state index contributed by atoms with van der Waals surface area (Å²) >= 11 is 0. The number of nitrogens with one attached hydrogen (secondary N) is 1. The number of carbonyl (C=O) groups is 2. The lowest BCUT2D eigenvalue weighted by atomic mass is 10.1. The largest absolute Gasteiger partial charge is 0.461 e. The van der Waals surface area contributed by atoms with E-state index in [-0.39, 0.29) is 18.0 Å². The summed E-state index contributed by atoms with van der Waals surface area (Å²) in [6.07, 6.45) is 0.287. The van der Waals surface area contributed by atoms with Gasteiger partial charge in [0.15, 0.2) is 0 Å². The first-order chi connectivity index (χ1) is 8.72. The monoisotopic (exact) mass is 255 g/mol. The van der Waals surface area contributed by atoms with Crippen LogP contribution in [0.5, 0.6) is 0 Å². The van der Waals surface area contributed by atoms with Crippen molar-refractivity contribution in [2.75, 3.05) is 32.9 Å². The van der Waals surface area contributed by atoms with Crippen LogP contribution in [-0.4, -0.2) is 61.4 Å². The van der Waals surface area contributed by atoms with Crippen molar-refractivity contribution in [3.63, 3.8) is 0 Å². The fourth-order valence-electron chi connectivity index (χ4n) is 1.93. The maximum Gasteiger partial charge on any atom is 0.354 e. The van der Waals surface area contributed by atoms with E-state index in [1.165, 1.54) is 0 Å². The third-order valence-electron chi connectivity index (χ3n) is 2.88. The van der Waals surface area contributed by atoms with E-state index in [1.807, 2.05) is 0 Å². The molecule has 7 heteroatoms. The lowest BCUT2D eigenvalue weighted by Gasteiger charge is -2.28. The van der Waals surface area contributed by atoms with Crippen LogP contribution in [0.3, 0.4) is 0 Å². The third-order valence-corrected chi connectivity index (χ3v) is 2.88. The number of carbonyl (C=O) groups excluding carboxylic acids is 2. The average molecular weight is 255 g/mol. The SMILES string of the molecule is CCOC(=O)C1=NNC(C(=O)N2CCOCC2)C1. The molecule has 7 nitrogen and oxygen atoms in total. The number of hydrogen-bond donors (Lipinski definition) is 1. The van der Waals surface area contributed by atoms with Crippen LogP contribution in [0.15, 0.2) is 5.10 Å². The van der Waals surface area contributed by atoms with E-state index in [2.05, 4.69) is 10.5 Å². The molecule has 1 saturated heterocycles. The molecular weight excluding hydrogens is 238 g/mol. The van der Waals surface area contributed by atoms with Gasteiger partial charge in [-0.2, -0.15) is 5.10 Å². The summed E-state index contributed by atoms with van der Waals surface area (Å²) in [4.78, 5) is 25.3. The topological polar surface area (TPSA) is 80.2 Å². The summed E-state index contributed by atoms with van der Waals surface area (Å²) in [5.41, 5.74) is 2.98.